The van der Waals surface area contributed by atoms with Crippen LogP contribution in [0.3, 0.4) is 0 Å². The first-order chi connectivity index (χ1) is 16.1. The molecule has 1 aliphatic rings. The van der Waals surface area contributed by atoms with Gasteiger partial charge in [-0.25, -0.2) is 9.59 Å². The van der Waals surface area contributed by atoms with Crippen LogP contribution in [0.4, 0.5) is 5.00 Å². The first-order valence-corrected chi connectivity index (χ1v) is 13.1. The van der Waals surface area contributed by atoms with Crippen molar-refractivity contribution in [3.63, 3.8) is 0 Å². The Balaban J connectivity index is 1.47. The van der Waals surface area contributed by atoms with E-state index in [1.54, 1.807) is 6.08 Å². The summed E-state index contributed by atoms with van der Waals surface area (Å²) in [5, 5.41) is 7.04. The molecule has 0 spiro atoms. The fourth-order valence-electron chi connectivity index (χ4n) is 3.70. The van der Waals surface area contributed by atoms with E-state index in [1.807, 2.05) is 35.0 Å². The van der Waals surface area contributed by atoms with E-state index in [2.05, 4.69) is 5.32 Å². The van der Waals surface area contributed by atoms with E-state index in [1.165, 1.54) is 41.1 Å². The number of nitrogens with one attached hydrogen (secondary N) is 1. The summed E-state index contributed by atoms with van der Waals surface area (Å²) in [6.07, 6.45) is 6.61. The molecule has 0 aliphatic heterocycles. The predicted molar refractivity (Wildman–Crippen MR) is 133 cm³/mol. The monoisotopic (exact) mass is 501 g/mol. The number of methoxy groups -OCH3 is 1. The highest BCUT2D eigenvalue weighted by atomic mass is 32.1. The van der Waals surface area contributed by atoms with Gasteiger partial charge in [0.05, 0.1) is 18.2 Å². The Morgan fingerprint density at radius 1 is 1.06 bits per heavy atom. The number of carbonyl (C=O) groups is 3. The van der Waals surface area contributed by atoms with Gasteiger partial charge in [-0.3, -0.25) is 4.79 Å². The molecule has 1 aliphatic carbocycles. The van der Waals surface area contributed by atoms with Gasteiger partial charge in [0, 0.05) is 14.6 Å². The highest BCUT2D eigenvalue weighted by molar-refractivity contribution is 7.17. The number of fused-ring (bicyclic) bond motifs is 1. The van der Waals surface area contributed by atoms with Crippen molar-refractivity contribution in [3.8, 4) is 0 Å². The minimum atomic E-state index is -0.573. The van der Waals surface area contributed by atoms with Crippen LogP contribution in [0.5, 0.6) is 0 Å². The van der Waals surface area contributed by atoms with Gasteiger partial charge in [-0.05, 0) is 60.2 Å². The summed E-state index contributed by atoms with van der Waals surface area (Å²) in [6, 6.07) is 7.51. The van der Waals surface area contributed by atoms with Crippen molar-refractivity contribution in [1.82, 2.24) is 0 Å². The zero-order valence-corrected chi connectivity index (χ0v) is 20.5. The second-order valence-electron chi connectivity index (χ2n) is 7.44. The molecule has 9 heteroatoms. The van der Waals surface area contributed by atoms with Crippen LogP contribution in [0, 0.1) is 0 Å². The minimum absolute atomic E-state index is 0.401. The molecule has 0 fully saturated rings. The molecule has 3 heterocycles. The third-order valence-corrected chi connectivity index (χ3v) is 8.16. The maximum atomic E-state index is 12.8. The van der Waals surface area contributed by atoms with E-state index in [0.29, 0.717) is 16.1 Å². The van der Waals surface area contributed by atoms with E-state index in [9.17, 15) is 14.4 Å². The van der Waals surface area contributed by atoms with Crippen LogP contribution in [0.15, 0.2) is 35.0 Å². The summed E-state index contributed by atoms with van der Waals surface area (Å²) >= 11 is 4.35. The van der Waals surface area contributed by atoms with Gasteiger partial charge < -0.3 is 14.8 Å². The number of amides is 1. The first kappa shape index (κ1) is 23.4. The molecule has 0 atom stereocenters. The molecular formula is C24H23NO5S3. The Morgan fingerprint density at radius 2 is 1.85 bits per heavy atom. The highest BCUT2D eigenvalue weighted by Crippen LogP contribution is 2.38. The summed E-state index contributed by atoms with van der Waals surface area (Å²) in [7, 11) is 1.34. The highest BCUT2D eigenvalue weighted by Gasteiger charge is 2.26. The van der Waals surface area contributed by atoms with Gasteiger partial charge in [0.25, 0.3) is 5.91 Å². The van der Waals surface area contributed by atoms with Crippen LogP contribution in [-0.2, 0) is 31.9 Å². The number of ether oxygens (including phenoxy) is 2. The molecule has 33 heavy (non-hydrogen) atoms. The van der Waals surface area contributed by atoms with Crippen molar-refractivity contribution < 1.29 is 23.9 Å². The van der Waals surface area contributed by atoms with Gasteiger partial charge in [0.1, 0.15) is 5.00 Å². The Kier molecular flexibility index (Phi) is 7.74. The first-order valence-electron chi connectivity index (χ1n) is 10.6. The zero-order valence-electron chi connectivity index (χ0n) is 18.1. The van der Waals surface area contributed by atoms with Crippen LogP contribution < -0.4 is 5.32 Å². The molecule has 3 aromatic heterocycles. The Morgan fingerprint density at radius 3 is 2.58 bits per heavy atom. The summed E-state index contributed by atoms with van der Waals surface area (Å²) in [4.78, 5) is 40.7. The van der Waals surface area contributed by atoms with Crippen molar-refractivity contribution in [1.29, 1.82) is 0 Å². The lowest BCUT2D eigenvalue weighted by molar-refractivity contribution is -0.141. The average Bonchev–Trinajstić information content (AvgIpc) is 3.55. The Labute approximate surface area is 203 Å². The van der Waals surface area contributed by atoms with Gasteiger partial charge in [0.2, 0.25) is 0 Å². The molecule has 172 valence electrons. The van der Waals surface area contributed by atoms with Gasteiger partial charge in [-0.15, -0.1) is 34.0 Å². The van der Waals surface area contributed by atoms with Crippen LogP contribution in [0.25, 0.3) is 11.6 Å². The second kappa shape index (κ2) is 10.9. The summed E-state index contributed by atoms with van der Waals surface area (Å²) in [6.45, 7) is -0.449. The maximum Gasteiger partial charge on any atom is 0.341 e. The van der Waals surface area contributed by atoms with Crippen LogP contribution in [-0.4, -0.2) is 31.6 Å². The molecule has 0 unspecified atom stereocenters. The molecule has 3 aromatic rings. The second-order valence-corrected chi connectivity index (χ2v) is 10.5. The number of rotatable bonds is 7. The predicted octanol–water partition coefficient (Wildman–Crippen LogP) is 5.65. The number of anilines is 1. The standard InChI is InChI=1S/C24H23NO5S3/c1-29-24(28)21-16-8-3-2-4-9-19(16)33-22(21)25-20(26)14-30-23(27)17(18-10-6-12-32-18)13-15-7-5-11-31-15/h5-7,10-13H,2-4,8-9,14H2,1H3,(H,25,26)/b17-13+. The van der Waals surface area contributed by atoms with Crippen LogP contribution >= 0.6 is 34.0 Å². The molecular weight excluding hydrogens is 478 g/mol. The zero-order chi connectivity index (χ0) is 23.2. The number of hydrogen-bond acceptors (Lipinski definition) is 8. The summed E-state index contributed by atoms with van der Waals surface area (Å²) in [5.74, 6) is -1.52. The average molecular weight is 502 g/mol. The lowest BCUT2D eigenvalue weighted by Gasteiger charge is -2.09. The molecule has 1 amide bonds. The van der Waals surface area contributed by atoms with Gasteiger partial charge in [-0.1, -0.05) is 18.6 Å². The van der Waals surface area contributed by atoms with E-state index >= 15 is 0 Å². The minimum Gasteiger partial charge on any atom is -0.465 e. The Hall–Kier alpha value is -2.75. The number of aryl methyl sites for hydroxylation is 1. The fraction of sp³-hybridized carbons (Fsp3) is 0.292. The van der Waals surface area contributed by atoms with Gasteiger partial charge in [-0.2, -0.15) is 0 Å². The SMILES string of the molecule is COC(=O)c1c(NC(=O)COC(=O)/C(=C/c2cccs2)c2cccs2)sc2c1CCCCC2. The molecule has 0 radical (unpaired) electrons. The van der Waals surface area contributed by atoms with Gasteiger partial charge in [0.15, 0.2) is 6.61 Å². The van der Waals surface area contributed by atoms with E-state index in [4.69, 9.17) is 9.47 Å². The largest absolute Gasteiger partial charge is 0.465 e. The van der Waals surface area contributed by atoms with Crippen molar-refractivity contribution in [2.75, 3.05) is 19.0 Å². The third-order valence-electron chi connectivity index (χ3n) is 5.23. The van der Waals surface area contributed by atoms with E-state index in [-0.39, 0.29) is 0 Å². The number of thiophene rings is 3. The molecule has 4 rings (SSSR count). The lowest BCUT2D eigenvalue weighted by Crippen LogP contribution is -2.22. The summed E-state index contributed by atoms with van der Waals surface area (Å²) in [5.41, 5.74) is 1.80. The molecule has 0 saturated carbocycles. The molecule has 6 nitrogen and oxygen atoms in total. The van der Waals surface area contributed by atoms with Crippen molar-refractivity contribution in [2.45, 2.75) is 32.1 Å². The normalized spacial score (nSPS) is 13.7. The van der Waals surface area contributed by atoms with Crippen LogP contribution in [0.1, 0.15) is 49.8 Å². The third kappa shape index (κ3) is 5.61. The van der Waals surface area contributed by atoms with Gasteiger partial charge >= 0.3 is 11.9 Å². The van der Waals surface area contributed by atoms with Crippen molar-refractivity contribution in [3.05, 3.63) is 60.8 Å². The molecule has 1 N–H and O–H groups in total. The molecule has 0 aromatic carbocycles. The maximum absolute atomic E-state index is 12.8. The fourth-order valence-corrected chi connectivity index (χ4v) is 6.38. The number of carbonyl (C=O) groups excluding carboxylic acids is 3. The molecule has 0 saturated heterocycles. The van der Waals surface area contributed by atoms with Crippen molar-refractivity contribution in [2.24, 2.45) is 0 Å². The van der Waals surface area contributed by atoms with Crippen molar-refractivity contribution >= 4 is 68.5 Å². The number of esters is 2. The van der Waals surface area contributed by atoms with E-state index < -0.39 is 24.5 Å². The lowest BCUT2D eigenvalue weighted by atomic mass is 10.1. The quantitative estimate of drug-likeness (QED) is 0.257. The summed E-state index contributed by atoms with van der Waals surface area (Å²) < 4.78 is 10.3. The smallest absolute Gasteiger partial charge is 0.341 e. The van der Waals surface area contributed by atoms with E-state index in [0.717, 1.165) is 52.3 Å². The number of hydrogen-bond donors (Lipinski definition) is 1. The topological polar surface area (TPSA) is 81.7 Å². The van der Waals surface area contributed by atoms with Crippen LogP contribution in [0.2, 0.25) is 0 Å². The molecule has 0 bridgehead atoms. The Bertz CT molecular complexity index is 1160.